The van der Waals surface area contributed by atoms with Crippen molar-refractivity contribution in [2.24, 2.45) is 0 Å². The third kappa shape index (κ3) is 0.978. The van der Waals surface area contributed by atoms with E-state index in [1.807, 2.05) is 18.0 Å². The molecular weight excluding hydrogens is 152 g/mol. The van der Waals surface area contributed by atoms with E-state index in [0.717, 1.165) is 17.9 Å². The van der Waals surface area contributed by atoms with Crippen LogP contribution >= 0.6 is 0 Å². The molecule has 3 heteroatoms. The Balaban J connectivity index is 2.55. The van der Waals surface area contributed by atoms with Crippen molar-refractivity contribution >= 4 is 11.6 Å². The Morgan fingerprint density at radius 3 is 3.17 bits per heavy atom. The summed E-state index contributed by atoms with van der Waals surface area (Å²) in [5, 5.41) is 0. The van der Waals surface area contributed by atoms with Gasteiger partial charge in [-0.05, 0) is 12.1 Å². The Labute approximate surface area is 71.0 Å². The van der Waals surface area contributed by atoms with E-state index in [4.69, 9.17) is 0 Å². The van der Waals surface area contributed by atoms with E-state index in [1.165, 1.54) is 0 Å². The predicted molar refractivity (Wildman–Crippen MR) is 46.5 cm³/mol. The van der Waals surface area contributed by atoms with Crippen molar-refractivity contribution in [3.63, 3.8) is 0 Å². The highest BCUT2D eigenvalue weighted by atomic mass is 16.1. The summed E-state index contributed by atoms with van der Waals surface area (Å²) in [4.78, 5) is 17.5. The average molecular weight is 162 g/mol. The number of pyridine rings is 1. The first-order valence-corrected chi connectivity index (χ1v) is 3.98. The van der Waals surface area contributed by atoms with Crippen LogP contribution in [0.4, 0.5) is 5.82 Å². The number of carbonyl (C=O) groups excluding carboxylic acids is 1. The lowest BCUT2D eigenvalue weighted by atomic mass is 10.1. The van der Waals surface area contributed by atoms with Crippen LogP contribution in [0.2, 0.25) is 0 Å². The normalized spacial score (nSPS) is 16.1. The molecule has 0 unspecified atom stereocenters. The number of carbonyl (C=O) groups is 1. The van der Waals surface area contributed by atoms with E-state index in [1.54, 1.807) is 12.3 Å². The molecule has 1 aliphatic rings. The molecule has 1 aliphatic heterocycles. The molecule has 12 heavy (non-hydrogen) atoms. The zero-order valence-corrected chi connectivity index (χ0v) is 6.95. The van der Waals surface area contributed by atoms with Crippen molar-refractivity contribution in [1.82, 2.24) is 4.98 Å². The fraction of sp³-hybridized carbons (Fsp3) is 0.333. The van der Waals surface area contributed by atoms with Crippen molar-refractivity contribution in [3.8, 4) is 0 Å². The molecule has 1 aromatic rings. The molecule has 62 valence electrons. The van der Waals surface area contributed by atoms with Crippen molar-refractivity contribution < 1.29 is 4.79 Å². The number of hydrogen-bond acceptors (Lipinski definition) is 3. The summed E-state index contributed by atoms with van der Waals surface area (Å²) in [6.45, 7) is 0.781. The molecule has 0 aliphatic carbocycles. The zero-order valence-electron chi connectivity index (χ0n) is 6.95. The molecule has 0 N–H and O–H groups in total. The van der Waals surface area contributed by atoms with E-state index in [9.17, 15) is 4.79 Å². The van der Waals surface area contributed by atoms with Gasteiger partial charge in [0.15, 0.2) is 5.78 Å². The maximum Gasteiger partial charge on any atom is 0.168 e. The lowest BCUT2D eigenvalue weighted by Crippen LogP contribution is -2.29. The van der Waals surface area contributed by atoms with Gasteiger partial charge in [-0.2, -0.15) is 0 Å². The number of aromatic nitrogens is 1. The van der Waals surface area contributed by atoms with Crippen molar-refractivity contribution in [1.29, 1.82) is 0 Å². The number of hydrogen-bond donors (Lipinski definition) is 0. The van der Waals surface area contributed by atoms with Crippen LogP contribution in [-0.4, -0.2) is 24.4 Å². The fourth-order valence-corrected chi connectivity index (χ4v) is 1.43. The summed E-state index contributed by atoms with van der Waals surface area (Å²) >= 11 is 0. The Bertz CT molecular complexity index is 322. The summed E-state index contributed by atoms with van der Waals surface area (Å²) in [6, 6.07) is 3.64. The van der Waals surface area contributed by atoms with Gasteiger partial charge < -0.3 is 4.90 Å². The highest BCUT2D eigenvalue weighted by Crippen LogP contribution is 2.21. The Morgan fingerprint density at radius 2 is 2.42 bits per heavy atom. The summed E-state index contributed by atoms with van der Waals surface area (Å²) in [5.41, 5.74) is 0.756. The third-order valence-corrected chi connectivity index (χ3v) is 2.12. The minimum atomic E-state index is 0.205. The van der Waals surface area contributed by atoms with Crippen LogP contribution in [0.25, 0.3) is 0 Å². The number of anilines is 1. The van der Waals surface area contributed by atoms with Crippen LogP contribution in [0.15, 0.2) is 18.3 Å². The molecule has 0 spiro atoms. The molecule has 0 bridgehead atoms. The van der Waals surface area contributed by atoms with E-state index >= 15 is 0 Å². The average Bonchev–Trinajstić information content (AvgIpc) is 2.12. The van der Waals surface area contributed by atoms with Crippen LogP contribution in [0.3, 0.4) is 0 Å². The molecule has 0 saturated carbocycles. The van der Waals surface area contributed by atoms with Gasteiger partial charge in [0.05, 0.1) is 5.56 Å². The van der Waals surface area contributed by atoms with Crippen molar-refractivity contribution in [2.75, 3.05) is 18.5 Å². The standard InChI is InChI=1S/C9H10N2O/c1-11-6-4-8(12)7-3-2-5-10-9(7)11/h2-3,5H,4,6H2,1H3. The summed E-state index contributed by atoms with van der Waals surface area (Å²) in [6.07, 6.45) is 2.32. The van der Waals surface area contributed by atoms with Crippen molar-refractivity contribution in [3.05, 3.63) is 23.9 Å². The van der Waals surface area contributed by atoms with Crippen LogP contribution in [-0.2, 0) is 0 Å². The van der Waals surface area contributed by atoms with Crippen LogP contribution in [0.1, 0.15) is 16.8 Å². The number of rotatable bonds is 0. The first-order valence-electron chi connectivity index (χ1n) is 3.98. The maximum atomic E-state index is 11.4. The molecule has 0 radical (unpaired) electrons. The largest absolute Gasteiger partial charge is 0.359 e. The van der Waals surface area contributed by atoms with Gasteiger partial charge in [-0.15, -0.1) is 0 Å². The molecule has 0 saturated heterocycles. The molecule has 2 heterocycles. The van der Waals surface area contributed by atoms with Gasteiger partial charge in [-0.1, -0.05) is 0 Å². The van der Waals surface area contributed by atoms with Gasteiger partial charge in [0.25, 0.3) is 0 Å². The second-order valence-corrected chi connectivity index (χ2v) is 2.97. The van der Waals surface area contributed by atoms with Crippen LogP contribution in [0.5, 0.6) is 0 Å². The monoisotopic (exact) mass is 162 g/mol. The molecule has 0 amide bonds. The number of fused-ring (bicyclic) bond motifs is 1. The zero-order chi connectivity index (χ0) is 8.55. The van der Waals surface area contributed by atoms with Gasteiger partial charge >= 0.3 is 0 Å². The molecule has 0 atom stereocenters. The summed E-state index contributed by atoms with van der Waals surface area (Å²) < 4.78 is 0. The van der Waals surface area contributed by atoms with Crippen LogP contribution < -0.4 is 4.90 Å². The first-order chi connectivity index (χ1) is 5.79. The third-order valence-electron chi connectivity index (χ3n) is 2.12. The summed E-state index contributed by atoms with van der Waals surface area (Å²) in [7, 11) is 1.96. The van der Waals surface area contributed by atoms with Gasteiger partial charge in [-0.3, -0.25) is 4.79 Å². The molecule has 3 nitrogen and oxygen atoms in total. The number of nitrogens with zero attached hydrogens (tertiary/aromatic N) is 2. The van der Waals surface area contributed by atoms with Gasteiger partial charge in [-0.25, -0.2) is 4.98 Å². The lowest BCUT2D eigenvalue weighted by molar-refractivity contribution is 0.0980. The molecular formula is C9H10N2O. The predicted octanol–water partition coefficient (Wildman–Crippen LogP) is 1.10. The number of ketones is 1. The smallest absolute Gasteiger partial charge is 0.168 e. The van der Waals surface area contributed by atoms with E-state index < -0.39 is 0 Å². The van der Waals surface area contributed by atoms with E-state index in [0.29, 0.717) is 6.42 Å². The topological polar surface area (TPSA) is 33.2 Å². The highest BCUT2D eigenvalue weighted by Gasteiger charge is 2.20. The lowest BCUT2D eigenvalue weighted by Gasteiger charge is -2.24. The Morgan fingerprint density at radius 1 is 1.58 bits per heavy atom. The number of Topliss-reactive ketones (excluding diaryl/α,β-unsaturated/α-hetero) is 1. The second-order valence-electron chi connectivity index (χ2n) is 2.97. The molecule has 1 aromatic heterocycles. The Kier molecular flexibility index (Phi) is 1.57. The molecule has 0 fully saturated rings. The first kappa shape index (κ1) is 7.28. The minimum Gasteiger partial charge on any atom is -0.359 e. The SMILES string of the molecule is CN1CCC(=O)c2cccnc21. The van der Waals surface area contributed by atoms with E-state index in [-0.39, 0.29) is 5.78 Å². The highest BCUT2D eigenvalue weighted by molar-refractivity contribution is 6.02. The summed E-state index contributed by atoms with van der Waals surface area (Å²) in [5.74, 6) is 1.02. The van der Waals surface area contributed by atoms with Gasteiger partial charge in [0, 0.05) is 26.2 Å². The van der Waals surface area contributed by atoms with Crippen LogP contribution in [0, 0.1) is 0 Å². The molecule has 0 aromatic carbocycles. The van der Waals surface area contributed by atoms with Gasteiger partial charge in [0.1, 0.15) is 5.82 Å². The Hall–Kier alpha value is -1.38. The molecule has 2 rings (SSSR count). The fourth-order valence-electron chi connectivity index (χ4n) is 1.43. The second kappa shape index (κ2) is 2.59. The van der Waals surface area contributed by atoms with Gasteiger partial charge in [0.2, 0.25) is 0 Å². The maximum absolute atomic E-state index is 11.4. The van der Waals surface area contributed by atoms with Crippen molar-refractivity contribution in [2.45, 2.75) is 6.42 Å². The minimum absolute atomic E-state index is 0.205. The van der Waals surface area contributed by atoms with E-state index in [2.05, 4.69) is 4.98 Å². The quantitative estimate of drug-likeness (QED) is 0.572.